The van der Waals surface area contributed by atoms with Gasteiger partial charge in [-0.25, -0.2) is 15.0 Å². The first-order valence-corrected chi connectivity index (χ1v) is 30.7. The van der Waals surface area contributed by atoms with Gasteiger partial charge in [-0.1, -0.05) is 207 Å². The van der Waals surface area contributed by atoms with Crippen molar-refractivity contribution in [2.24, 2.45) is 0 Å². The number of alkyl halides is 3. The van der Waals surface area contributed by atoms with Crippen LogP contribution in [-0.2, 0) is 12.6 Å². The molecule has 0 spiro atoms. The van der Waals surface area contributed by atoms with E-state index in [0.717, 1.165) is 109 Å². The molecule has 0 saturated carbocycles. The van der Waals surface area contributed by atoms with Crippen LogP contribution in [0.4, 0.5) is 47.3 Å². The van der Waals surface area contributed by atoms with Gasteiger partial charge in [0, 0.05) is 61.6 Å². The molecule has 4 heterocycles. The second-order valence-corrected chi connectivity index (χ2v) is 23.3. The van der Waals surface area contributed by atoms with E-state index in [0.29, 0.717) is 28.5 Å². The van der Waals surface area contributed by atoms with Crippen LogP contribution in [0.5, 0.6) is 0 Å². The Morgan fingerprint density at radius 2 is 0.800 bits per heavy atom. The highest BCUT2D eigenvalue weighted by atomic mass is 19.4. The fourth-order valence-corrected chi connectivity index (χ4v) is 13.6. The van der Waals surface area contributed by atoms with E-state index < -0.39 is 11.7 Å². The maximum absolute atomic E-state index is 15.2. The molecule has 0 aliphatic carbocycles. The van der Waals surface area contributed by atoms with Crippen LogP contribution in [0.25, 0.3) is 95.0 Å². The summed E-state index contributed by atoms with van der Waals surface area (Å²) in [6.07, 6.45) is -1.75. The molecule has 430 valence electrons. The summed E-state index contributed by atoms with van der Waals surface area (Å²) in [5, 5.41) is 1.94. The topological polar surface area (TPSA) is 50.1 Å². The molecule has 0 amide bonds. The smallest absolute Gasteiger partial charge is 0.311 e. The average molecular weight is 1170 g/mol. The van der Waals surface area contributed by atoms with Crippen molar-refractivity contribution in [2.75, 3.05) is 9.80 Å². The van der Waals surface area contributed by atoms with Gasteiger partial charge in [0.05, 0.1) is 22.3 Å². The lowest BCUT2D eigenvalue weighted by atomic mass is 9.33. The summed E-state index contributed by atoms with van der Waals surface area (Å²) in [7, 11) is 0. The molecule has 14 aromatic rings. The number of nitrogens with zero attached hydrogens (tertiary/aromatic N) is 6. The van der Waals surface area contributed by atoms with E-state index in [2.05, 4.69) is 228 Å². The van der Waals surface area contributed by atoms with E-state index in [9.17, 15) is 0 Å². The predicted molar refractivity (Wildman–Crippen MR) is 364 cm³/mol. The number of rotatable bonds is 12. The lowest BCUT2D eigenvalue weighted by molar-refractivity contribution is -0.137. The molecular weight excluding hydrogens is 1110 g/mol. The van der Waals surface area contributed by atoms with Gasteiger partial charge in [-0.05, 0) is 159 Å². The van der Waals surface area contributed by atoms with Crippen molar-refractivity contribution in [2.45, 2.75) is 32.4 Å². The van der Waals surface area contributed by atoms with Gasteiger partial charge in [-0.2, -0.15) is 13.2 Å². The van der Waals surface area contributed by atoms with E-state index in [4.69, 9.17) is 15.0 Å². The number of fused-ring (bicyclic) bond motifs is 7. The zero-order valence-corrected chi connectivity index (χ0v) is 49.2. The first-order valence-electron chi connectivity index (χ1n) is 30.7. The van der Waals surface area contributed by atoms with Crippen LogP contribution in [0.1, 0.15) is 30.9 Å². The molecule has 16 rings (SSSR count). The maximum atomic E-state index is 15.2. The van der Waals surface area contributed by atoms with Crippen LogP contribution < -0.4 is 26.2 Å². The Morgan fingerprint density at radius 1 is 0.367 bits per heavy atom. The summed E-state index contributed by atoms with van der Waals surface area (Å²) < 4.78 is 47.6. The van der Waals surface area contributed by atoms with Gasteiger partial charge in [0.1, 0.15) is 0 Å². The first kappa shape index (κ1) is 54.3. The van der Waals surface area contributed by atoms with Gasteiger partial charge in [-0.15, -0.1) is 0 Å². The number of anilines is 6. The highest BCUT2D eigenvalue weighted by Crippen LogP contribution is 2.48. The van der Waals surface area contributed by atoms with Crippen LogP contribution in [0.2, 0.25) is 0 Å². The van der Waals surface area contributed by atoms with E-state index in [1.165, 1.54) is 34.1 Å². The van der Waals surface area contributed by atoms with Gasteiger partial charge in [0.2, 0.25) is 0 Å². The molecular formula is C80H56BF3N6. The summed E-state index contributed by atoms with van der Waals surface area (Å²) in [5.74, 6) is 0.823. The van der Waals surface area contributed by atoms with Gasteiger partial charge < -0.3 is 14.4 Å². The minimum atomic E-state index is -4.66. The highest BCUT2D eigenvalue weighted by molar-refractivity contribution is 7.00. The van der Waals surface area contributed by atoms with E-state index in [-0.39, 0.29) is 18.1 Å². The fraction of sp³-hybridized carbons (Fsp3) is 0.0625. The molecule has 6 nitrogen and oxygen atoms in total. The Morgan fingerprint density at radius 3 is 1.30 bits per heavy atom. The molecule has 0 bridgehead atoms. The van der Waals surface area contributed by atoms with E-state index >= 15 is 13.2 Å². The Balaban J connectivity index is 0.953. The number of aryl methyl sites for hydroxylation is 1. The Kier molecular flexibility index (Phi) is 13.4. The number of para-hydroxylation sites is 2. The number of aromatic nitrogens is 4. The molecule has 0 N–H and O–H groups in total. The van der Waals surface area contributed by atoms with Crippen LogP contribution in [-0.4, -0.2) is 26.2 Å². The summed E-state index contributed by atoms with van der Waals surface area (Å²) in [5.41, 5.74) is 20.8. The summed E-state index contributed by atoms with van der Waals surface area (Å²) in [6, 6.07) is 97.4. The molecule has 0 unspecified atom stereocenters. The lowest BCUT2D eigenvalue weighted by Gasteiger charge is -2.44. The normalized spacial score (nSPS) is 12.5. The van der Waals surface area contributed by atoms with Crippen LogP contribution in [0.3, 0.4) is 0 Å². The van der Waals surface area contributed by atoms with Crippen molar-refractivity contribution in [3.05, 3.63) is 296 Å². The third-order valence-corrected chi connectivity index (χ3v) is 17.8. The SMILES string of the molecule is CCCCc1ccc2c(c1)c1cc(-c3cc4c5c(c3)N(c3ccccc3)c3ccc(-c6ccccc6)cc3B5c3cc(-c5ccccc5)ccc3N4c3ccccc3)ccc1n2-c1ccc(C(F)(F)F)cc1-c1nc(-c2ccccc2)nc(-c2ccccc2)n1. The molecule has 12 aromatic carbocycles. The van der Waals surface area contributed by atoms with Crippen molar-refractivity contribution in [3.63, 3.8) is 0 Å². The molecule has 0 atom stereocenters. The number of hydrogen-bond acceptors (Lipinski definition) is 5. The van der Waals surface area contributed by atoms with Crippen LogP contribution >= 0.6 is 0 Å². The molecule has 0 saturated heterocycles. The molecule has 2 aromatic heterocycles. The van der Waals surface area contributed by atoms with E-state index in [1.54, 1.807) is 6.07 Å². The Bertz CT molecular complexity index is 4830. The molecule has 0 radical (unpaired) electrons. The average Bonchev–Trinajstić information content (AvgIpc) is 0.760. The third-order valence-electron chi connectivity index (χ3n) is 17.8. The van der Waals surface area contributed by atoms with Crippen molar-refractivity contribution in [1.29, 1.82) is 0 Å². The van der Waals surface area contributed by atoms with Crippen LogP contribution in [0, 0.1) is 0 Å². The standard InChI is InChI=1S/C80H56BF3N6/c1-2-3-22-52-35-40-69-64(45-52)65-46-57(36-41-70(65)90(69)71-44-39-61(80(82,83)84)51-66(71)79-86-77(55-27-14-6-15-28-55)85-78(87-79)56-29-16-7-17-30-56)60-49-74-76-75(50-60)89(63-33-20-9-21-34-63)73-43-38-59(54-25-12-5-13-26-54)48-68(73)81(76)67-47-58(53-23-10-4-11-24-53)37-42-72(67)88(74)62-31-18-8-19-32-62/h4-21,23-51H,2-3,22H2,1H3. The van der Waals surface area contributed by atoms with Gasteiger partial charge in [-0.3, -0.25) is 0 Å². The molecule has 2 aliphatic heterocycles. The summed E-state index contributed by atoms with van der Waals surface area (Å²) in [4.78, 5) is 19.9. The van der Waals surface area contributed by atoms with Crippen molar-refractivity contribution in [1.82, 2.24) is 19.5 Å². The molecule has 0 fully saturated rings. The quantitative estimate of drug-likeness (QED) is 0.114. The zero-order valence-electron chi connectivity index (χ0n) is 49.2. The summed E-state index contributed by atoms with van der Waals surface area (Å²) in [6.45, 7) is 2.03. The van der Waals surface area contributed by atoms with Crippen molar-refractivity contribution >= 4 is 79.0 Å². The maximum Gasteiger partial charge on any atom is 0.416 e. The number of hydrogen-bond donors (Lipinski definition) is 0. The third kappa shape index (κ3) is 9.51. The Hall–Kier alpha value is -11.1. The van der Waals surface area contributed by atoms with Crippen molar-refractivity contribution < 1.29 is 13.2 Å². The molecule has 90 heavy (non-hydrogen) atoms. The first-order chi connectivity index (χ1) is 44.2. The predicted octanol–water partition coefficient (Wildman–Crippen LogP) is 19.4. The highest BCUT2D eigenvalue weighted by Gasteiger charge is 2.44. The number of halogens is 3. The summed E-state index contributed by atoms with van der Waals surface area (Å²) >= 11 is 0. The molecule has 10 heteroatoms. The van der Waals surface area contributed by atoms with Gasteiger partial charge in [0.25, 0.3) is 6.71 Å². The monoisotopic (exact) mass is 1170 g/mol. The van der Waals surface area contributed by atoms with Crippen LogP contribution in [0.15, 0.2) is 285 Å². The van der Waals surface area contributed by atoms with E-state index in [1.807, 2.05) is 60.7 Å². The van der Waals surface area contributed by atoms with Gasteiger partial charge >= 0.3 is 6.18 Å². The minimum absolute atomic E-state index is 0.123. The minimum Gasteiger partial charge on any atom is -0.311 e. The largest absolute Gasteiger partial charge is 0.416 e. The molecule has 2 aliphatic rings. The Labute approximate surface area is 520 Å². The number of benzene rings is 12. The second kappa shape index (κ2) is 22.2. The van der Waals surface area contributed by atoms with Gasteiger partial charge in [0.15, 0.2) is 17.5 Å². The fourth-order valence-electron chi connectivity index (χ4n) is 13.6. The second-order valence-electron chi connectivity index (χ2n) is 23.3. The number of unbranched alkanes of at least 4 members (excludes halogenated alkanes) is 1. The van der Waals surface area contributed by atoms with Crippen molar-refractivity contribution in [3.8, 4) is 73.2 Å². The lowest BCUT2D eigenvalue weighted by Crippen LogP contribution is -2.61. The zero-order chi connectivity index (χ0) is 60.5.